The molecule has 0 fully saturated rings. The van der Waals surface area contributed by atoms with Crippen LogP contribution in [0.2, 0.25) is 0 Å². The summed E-state index contributed by atoms with van der Waals surface area (Å²) in [6.45, 7) is 4.03. The lowest BCUT2D eigenvalue weighted by atomic mass is 10.2. The summed E-state index contributed by atoms with van der Waals surface area (Å²) in [5.74, 6) is 0. The molecule has 86 valence electrons. The fourth-order valence-electron chi connectivity index (χ4n) is 1.56. The van der Waals surface area contributed by atoms with Crippen LogP contribution < -0.4 is 4.90 Å². The Labute approximate surface area is 106 Å². The van der Waals surface area contributed by atoms with Gasteiger partial charge in [-0.15, -0.1) is 0 Å². The van der Waals surface area contributed by atoms with E-state index in [1.54, 1.807) is 0 Å². The summed E-state index contributed by atoms with van der Waals surface area (Å²) in [5.41, 5.74) is 1.20. The Morgan fingerprint density at radius 3 is 2.50 bits per heavy atom. The quantitative estimate of drug-likeness (QED) is 0.789. The zero-order valence-corrected chi connectivity index (χ0v) is 11.2. The molecule has 0 aliphatic rings. The van der Waals surface area contributed by atoms with Gasteiger partial charge in [-0.1, -0.05) is 29.3 Å². The molecule has 3 heteroatoms. The SMILES string of the molecule is CCCCN(CCC#N)c1ccc(Br)cc1. The van der Waals surface area contributed by atoms with Crippen molar-refractivity contribution >= 4 is 21.6 Å². The van der Waals surface area contributed by atoms with Crippen LogP contribution in [0.1, 0.15) is 26.2 Å². The first-order valence-electron chi connectivity index (χ1n) is 5.65. The summed E-state index contributed by atoms with van der Waals surface area (Å²) in [5, 5.41) is 8.65. The topological polar surface area (TPSA) is 27.0 Å². The minimum atomic E-state index is 0.583. The zero-order chi connectivity index (χ0) is 11.8. The van der Waals surface area contributed by atoms with Crippen molar-refractivity contribution in [3.63, 3.8) is 0 Å². The van der Waals surface area contributed by atoms with Crippen LogP contribution in [0.5, 0.6) is 0 Å². The highest BCUT2D eigenvalue weighted by molar-refractivity contribution is 9.10. The Hall–Kier alpha value is -1.01. The van der Waals surface area contributed by atoms with E-state index in [2.05, 4.69) is 46.0 Å². The van der Waals surface area contributed by atoms with Gasteiger partial charge in [-0.25, -0.2) is 0 Å². The van der Waals surface area contributed by atoms with E-state index in [4.69, 9.17) is 5.26 Å². The van der Waals surface area contributed by atoms with Crippen LogP contribution in [0.4, 0.5) is 5.69 Å². The third-order valence-corrected chi connectivity index (χ3v) is 3.00. The fraction of sp³-hybridized carbons (Fsp3) is 0.462. The Morgan fingerprint density at radius 2 is 1.94 bits per heavy atom. The summed E-state index contributed by atoms with van der Waals surface area (Å²) in [7, 11) is 0. The molecule has 1 aromatic carbocycles. The van der Waals surface area contributed by atoms with Crippen LogP contribution >= 0.6 is 15.9 Å². The van der Waals surface area contributed by atoms with E-state index in [-0.39, 0.29) is 0 Å². The molecule has 1 aromatic rings. The van der Waals surface area contributed by atoms with Crippen molar-refractivity contribution in [1.29, 1.82) is 5.26 Å². The summed E-state index contributed by atoms with van der Waals surface area (Å²) < 4.78 is 1.09. The van der Waals surface area contributed by atoms with E-state index >= 15 is 0 Å². The summed E-state index contributed by atoms with van der Waals surface area (Å²) >= 11 is 3.43. The summed E-state index contributed by atoms with van der Waals surface area (Å²) in [4.78, 5) is 2.28. The lowest BCUT2D eigenvalue weighted by molar-refractivity contribution is 0.718. The highest BCUT2D eigenvalue weighted by atomic mass is 79.9. The first kappa shape index (κ1) is 13.1. The molecule has 0 bridgehead atoms. The smallest absolute Gasteiger partial charge is 0.0640 e. The van der Waals surface area contributed by atoms with E-state index in [9.17, 15) is 0 Å². The molecule has 0 heterocycles. The van der Waals surface area contributed by atoms with E-state index in [0.717, 1.165) is 17.6 Å². The van der Waals surface area contributed by atoms with Crippen LogP contribution in [0.25, 0.3) is 0 Å². The Balaban J connectivity index is 2.67. The number of unbranched alkanes of at least 4 members (excludes halogenated alkanes) is 1. The van der Waals surface area contributed by atoms with E-state index < -0.39 is 0 Å². The molecule has 0 N–H and O–H groups in total. The number of nitrogens with zero attached hydrogens (tertiary/aromatic N) is 2. The van der Waals surface area contributed by atoms with Gasteiger partial charge in [0, 0.05) is 23.2 Å². The Bertz CT molecular complexity index is 340. The second-order valence-corrected chi connectivity index (χ2v) is 4.64. The molecule has 0 aliphatic carbocycles. The van der Waals surface area contributed by atoms with Gasteiger partial charge in [0.2, 0.25) is 0 Å². The maximum Gasteiger partial charge on any atom is 0.0640 e. The first-order chi connectivity index (χ1) is 7.77. The molecular weight excluding hydrogens is 264 g/mol. The van der Waals surface area contributed by atoms with Gasteiger partial charge in [0.15, 0.2) is 0 Å². The third kappa shape index (κ3) is 4.24. The normalized spacial score (nSPS) is 9.81. The number of hydrogen-bond donors (Lipinski definition) is 0. The van der Waals surface area contributed by atoms with E-state index in [1.807, 2.05) is 12.1 Å². The average molecular weight is 281 g/mol. The largest absolute Gasteiger partial charge is 0.371 e. The van der Waals surface area contributed by atoms with E-state index in [1.165, 1.54) is 18.5 Å². The third-order valence-electron chi connectivity index (χ3n) is 2.47. The second kappa shape index (κ2) is 7.29. The predicted octanol–water partition coefficient (Wildman–Crippen LogP) is 3.97. The standard InChI is InChI=1S/C13H17BrN2/c1-2-3-10-16(11-4-9-15)13-7-5-12(14)6-8-13/h5-8H,2-4,10-11H2,1H3. The maximum absolute atomic E-state index is 8.65. The average Bonchev–Trinajstić information content (AvgIpc) is 2.31. The molecule has 0 aromatic heterocycles. The van der Waals surface area contributed by atoms with Crippen LogP contribution in [0, 0.1) is 11.3 Å². The van der Waals surface area contributed by atoms with Crippen molar-refractivity contribution < 1.29 is 0 Å². The lowest BCUT2D eigenvalue weighted by Crippen LogP contribution is -2.25. The van der Waals surface area contributed by atoms with Crippen molar-refractivity contribution in [3.05, 3.63) is 28.7 Å². The predicted molar refractivity (Wildman–Crippen MR) is 71.5 cm³/mol. The van der Waals surface area contributed by atoms with Gasteiger partial charge in [0.05, 0.1) is 12.5 Å². The summed E-state index contributed by atoms with van der Waals surface area (Å²) in [6, 6.07) is 10.5. The molecule has 0 spiro atoms. The van der Waals surface area contributed by atoms with Gasteiger partial charge >= 0.3 is 0 Å². The molecular formula is C13H17BrN2. The van der Waals surface area contributed by atoms with Crippen LogP contribution in [-0.2, 0) is 0 Å². The minimum absolute atomic E-state index is 0.583. The lowest BCUT2D eigenvalue weighted by Gasteiger charge is -2.23. The van der Waals surface area contributed by atoms with Crippen molar-refractivity contribution in [3.8, 4) is 6.07 Å². The number of nitriles is 1. The monoisotopic (exact) mass is 280 g/mol. The molecule has 0 atom stereocenters. The highest BCUT2D eigenvalue weighted by Gasteiger charge is 2.04. The van der Waals surface area contributed by atoms with Crippen LogP contribution in [-0.4, -0.2) is 13.1 Å². The Morgan fingerprint density at radius 1 is 1.25 bits per heavy atom. The number of halogens is 1. The van der Waals surface area contributed by atoms with Gasteiger partial charge in [-0.3, -0.25) is 0 Å². The van der Waals surface area contributed by atoms with Gasteiger partial charge in [0.1, 0.15) is 0 Å². The van der Waals surface area contributed by atoms with Gasteiger partial charge < -0.3 is 4.90 Å². The molecule has 2 nitrogen and oxygen atoms in total. The number of benzene rings is 1. The Kier molecular flexibility index (Phi) is 5.95. The first-order valence-corrected chi connectivity index (χ1v) is 6.44. The molecule has 1 rings (SSSR count). The van der Waals surface area contributed by atoms with Gasteiger partial charge in [-0.2, -0.15) is 5.26 Å². The second-order valence-electron chi connectivity index (χ2n) is 3.73. The maximum atomic E-state index is 8.65. The number of rotatable bonds is 6. The molecule has 0 unspecified atom stereocenters. The molecule has 0 amide bonds. The van der Waals surface area contributed by atoms with Gasteiger partial charge in [-0.05, 0) is 30.7 Å². The minimum Gasteiger partial charge on any atom is -0.371 e. The zero-order valence-electron chi connectivity index (χ0n) is 9.62. The molecule has 0 aliphatic heterocycles. The van der Waals surface area contributed by atoms with Crippen molar-refractivity contribution in [2.24, 2.45) is 0 Å². The van der Waals surface area contributed by atoms with Gasteiger partial charge in [0.25, 0.3) is 0 Å². The van der Waals surface area contributed by atoms with E-state index in [0.29, 0.717) is 6.42 Å². The van der Waals surface area contributed by atoms with Crippen molar-refractivity contribution in [1.82, 2.24) is 0 Å². The van der Waals surface area contributed by atoms with Crippen LogP contribution in [0.3, 0.4) is 0 Å². The molecule has 0 radical (unpaired) electrons. The summed E-state index contributed by atoms with van der Waals surface area (Å²) in [6.07, 6.45) is 2.93. The van der Waals surface area contributed by atoms with Crippen LogP contribution in [0.15, 0.2) is 28.7 Å². The van der Waals surface area contributed by atoms with Crippen molar-refractivity contribution in [2.75, 3.05) is 18.0 Å². The molecule has 0 saturated heterocycles. The molecule has 0 saturated carbocycles. The molecule has 16 heavy (non-hydrogen) atoms. The number of anilines is 1. The fourth-order valence-corrected chi connectivity index (χ4v) is 1.82. The highest BCUT2D eigenvalue weighted by Crippen LogP contribution is 2.19. The number of hydrogen-bond acceptors (Lipinski definition) is 2. The van der Waals surface area contributed by atoms with Crippen molar-refractivity contribution in [2.45, 2.75) is 26.2 Å².